The monoisotopic (exact) mass is 445 g/mol. The lowest BCUT2D eigenvalue weighted by molar-refractivity contribution is -0.122. The van der Waals surface area contributed by atoms with Crippen LogP contribution in [0.4, 0.5) is 11.4 Å². The standard InChI is InChI=1S/C19H13BrClN3O3/c1-10(25)16-15-17(24(22-16)12-8-6-11(20)7-9-12)19(27)23(18(15)26)14-5-3-2-4-13(14)21/h2-9,15,17H,1H3. The molecule has 2 aromatic rings. The van der Waals surface area contributed by atoms with Crippen molar-refractivity contribution in [1.82, 2.24) is 0 Å². The molecule has 2 heterocycles. The first kappa shape index (κ1) is 17.9. The van der Waals surface area contributed by atoms with Gasteiger partial charge in [-0.15, -0.1) is 0 Å². The highest BCUT2D eigenvalue weighted by Gasteiger charge is 2.58. The Kier molecular flexibility index (Phi) is 4.36. The highest BCUT2D eigenvalue weighted by Crippen LogP contribution is 2.39. The third kappa shape index (κ3) is 2.78. The SMILES string of the molecule is CC(=O)C1=NN(c2ccc(Br)cc2)C2C(=O)N(c3ccccc3Cl)C(=O)C12. The van der Waals surface area contributed by atoms with Crippen LogP contribution in [-0.4, -0.2) is 29.4 Å². The summed E-state index contributed by atoms with van der Waals surface area (Å²) < 4.78 is 0.865. The molecule has 1 saturated heterocycles. The Balaban J connectivity index is 1.82. The number of amides is 2. The number of para-hydroxylation sites is 1. The van der Waals surface area contributed by atoms with E-state index in [9.17, 15) is 14.4 Å². The number of carbonyl (C=O) groups excluding carboxylic acids is 3. The molecule has 27 heavy (non-hydrogen) atoms. The van der Waals surface area contributed by atoms with Gasteiger partial charge >= 0.3 is 0 Å². The average Bonchev–Trinajstić information content (AvgIpc) is 3.15. The van der Waals surface area contributed by atoms with Gasteiger partial charge in [0, 0.05) is 11.4 Å². The molecule has 0 aliphatic carbocycles. The van der Waals surface area contributed by atoms with Gasteiger partial charge in [-0.25, -0.2) is 4.90 Å². The van der Waals surface area contributed by atoms with Gasteiger partial charge in [0.05, 0.1) is 16.4 Å². The van der Waals surface area contributed by atoms with Gasteiger partial charge in [-0.2, -0.15) is 5.10 Å². The maximum absolute atomic E-state index is 13.2. The van der Waals surface area contributed by atoms with Gasteiger partial charge in [0.15, 0.2) is 5.78 Å². The van der Waals surface area contributed by atoms with Crippen molar-refractivity contribution in [2.24, 2.45) is 11.0 Å². The minimum Gasteiger partial charge on any atom is -0.293 e. The predicted octanol–water partition coefficient (Wildman–Crippen LogP) is 3.43. The first-order valence-corrected chi connectivity index (χ1v) is 9.34. The van der Waals surface area contributed by atoms with E-state index >= 15 is 0 Å². The average molecular weight is 447 g/mol. The van der Waals surface area contributed by atoms with Crippen LogP contribution in [0.5, 0.6) is 0 Å². The second kappa shape index (κ2) is 6.58. The lowest BCUT2D eigenvalue weighted by Gasteiger charge is -2.22. The fourth-order valence-electron chi connectivity index (χ4n) is 3.38. The molecule has 6 nitrogen and oxygen atoms in total. The summed E-state index contributed by atoms with van der Waals surface area (Å²) in [5.74, 6) is -2.24. The quantitative estimate of drug-likeness (QED) is 0.678. The fourth-order valence-corrected chi connectivity index (χ4v) is 3.87. The fraction of sp³-hybridized carbons (Fsp3) is 0.158. The molecule has 0 radical (unpaired) electrons. The molecular formula is C19H13BrClN3O3. The number of benzene rings is 2. The maximum atomic E-state index is 13.2. The van der Waals surface area contributed by atoms with Crippen LogP contribution in [0.2, 0.25) is 5.02 Å². The Labute approximate surface area is 168 Å². The van der Waals surface area contributed by atoms with Crippen LogP contribution in [0, 0.1) is 5.92 Å². The minimum atomic E-state index is -0.949. The number of rotatable bonds is 3. The first-order valence-electron chi connectivity index (χ1n) is 8.16. The van der Waals surface area contributed by atoms with Crippen molar-refractivity contribution in [2.75, 3.05) is 9.91 Å². The number of hydrogen-bond donors (Lipinski definition) is 0. The Morgan fingerprint density at radius 1 is 1.07 bits per heavy atom. The molecular weight excluding hydrogens is 434 g/mol. The zero-order valence-corrected chi connectivity index (χ0v) is 16.4. The smallest absolute Gasteiger partial charge is 0.259 e. The van der Waals surface area contributed by atoms with E-state index in [4.69, 9.17) is 11.6 Å². The summed E-state index contributed by atoms with van der Waals surface area (Å²) in [4.78, 5) is 39.4. The largest absolute Gasteiger partial charge is 0.293 e. The van der Waals surface area contributed by atoms with Crippen LogP contribution in [0.25, 0.3) is 0 Å². The molecule has 0 N–H and O–H groups in total. The molecule has 2 aliphatic heterocycles. The van der Waals surface area contributed by atoms with E-state index in [-0.39, 0.29) is 16.5 Å². The van der Waals surface area contributed by atoms with Crippen LogP contribution in [-0.2, 0) is 14.4 Å². The van der Waals surface area contributed by atoms with Gasteiger partial charge in [0.2, 0.25) is 5.91 Å². The molecule has 2 aliphatic rings. The number of anilines is 2. The molecule has 136 valence electrons. The van der Waals surface area contributed by atoms with Crippen molar-refractivity contribution in [3.05, 3.63) is 58.0 Å². The van der Waals surface area contributed by atoms with Crippen LogP contribution >= 0.6 is 27.5 Å². The van der Waals surface area contributed by atoms with Gasteiger partial charge in [0.1, 0.15) is 17.7 Å². The van der Waals surface area contributed by atoms with Gasteiger partial charge in [0.25, 0.3) is 5.91 Å². The van der Waals surface area contributed by atoms with Crippen molar-refractivity contribution in [3.8, 4) is 0 Å². The van der Waals surface area contributed by atoms with Crippen LogP contribution < -0.4 is 9.91 Å². The minimum absolute atomic E-state index is 0.0795. The number of halogens is 2. The number of carbonyl (C=O) groups is 3. The van der Waals surface area contributed by atoms with E-state index in [0.717, 1.165) is 9.37 Å². The molecule has 8 heteroatoms. The summed E-state index contributed by atoms with van der Waals surface area (Å²) in [5, 5.41) is 6.04. The number of imide groups is 1. The Morgan fingerprint density at radius 3 is 2.37 bits per heavy atom. The third-order valence-electron chi connectivity index (χ3n) is 4.59. The van der Waals surface area contributed by atoms with Crippen molar-refractivity contribution >= 4 is 62.2 Å². The highest BCUT2D eigenvalue weighted by molar-refractivity contribution is 9.10. The summed E-state index contributed by atoms with van der Waals surface area (Å²) in [7, 11) is 0. The second-order valence-electron chi connectivity index (χ2n) is 6.25. The number of hydrogen-bond acceptors (Lipinski definition) is 5. The zero-order valence-electron chi connectivity index (χ0n) is 14.1. The zero-order chi connectivity index (χ0) is 19.3. The van der Waals surface area contributed by atoms with Gasteiger partial charge in [-0.05, 0) is 36.4 Å². The summed E-state index contributed by atoms with van der Waals surface area (Å²) >= 11 is 9.56. The van der Waals surface area contributed by atoms with Gasteiger partial charge in [-0.1, -0.05) is 39.7 Å². The van der Waals surface area contributed by atoms with Crippen LogP contribution in [0.3, 0.4) is 0 Å². The topological polar surface area (TPSA) is 70.1 Å². The van der Waals surface area contributed by atoms with E-state index in [1.165, 1.54) is 11.9 Å². The number of nitrogens with zero attached hydrogens (tertiary/aromatic N) is 3. The highest BCUT2D eigenvalue weighted by atomic mass is 79.9. The molecule has 0 spiro atoms. The maximum Gasteiger partial charge on any atom is 0.259 e. The number of fused-ring (bicyclic) bond motifs is 1. The summed E-state index contributed by atoms with van der Waals surface area (Å²) in [6.07, 6.45) is 0. The molecule has 0 saturated carbocycles. The van der Waals surface area contributed by atoms with Crippen molar-refractivity contribution in [3.63, 3.8) is 0 Å². The molecule has 2 atom stereocenters. The van der Waals surface area contributed by atoms with E-state index in [2.05, 4.69) is 21.0 Å². The molecule has 2 amide bonds. The summed E-state index contributed by atoms with van der Waals surface area (Å²) in [6, 6.07) is 12.9. The Hall–Kier alpha value is -2.51. The van der Waals surface area contributed by atoms with Crippen molar-refractivity contribution in [1.29, 1.82) is 0 Å². The Bertz CT molecular complexity index is 1010. The first-order chi connectivity index (χ1) is 12.9. The number of ketones is 1. The van der Waals surface area contributed by atoms with E-state index in [0.29, 0.717) is 11.4 Å². The molecule has 0 aromatic heterocycles. The van der Waals surface area contributed by atoms with Crippen molar-refractivity contribution in [2.45, 2.75) is 13.0 Å². The molecule has 2 aromatic carbocycles. The summed E-state index contributed by atoms with van der Waals surface area (Å²) in [6.45, 7) is 1.34. The second-order valence-corrected chi connectivity index (χ2v) is 7.57. The van der Waals surface area contributed by atoms with Gasteiger partial charge < -0.3 is 0 Å². The lowest BCUT2D eigenvalue weighted by Crippen LogP contribution is -2.39. The lowest BCUT2D eigenvalue weighted by atomic mass is 9.95. The van der Waals surface area contributed by atoms with E-state index in [1.807, 2.05) is 0 Å². The predicted molar refractivity (Wildman–Crippen MR) is 106 cm³/mol. The van der Waals surface area contributed by atoms with Crippen molar-refractivity contribution < 1.29 is 14.4 Å². The normalized spacial score (nSPS) is 21.5. The Morgan fingerprint density at radius 2 is 1.74 bits per heavy atom. The number of Topliss-reactive ketones (excluding diaryl/α,β-unsaturated/α-hetero) is 1. The van der Waals surface area contributed by atoms with Crippen LogP contribution in [0.1, 0.15) is 6.92 Å². The van der Waals surface area contributed by atoms with Crippen LogP contribution in [0.15, 0.2) is 58.1 Å². The van der Waals surface area contributed by atoms with E-state index < -0.39 is 23.8 Å². The number of hydrazone groups is 1. The molecule has 2 unspecified atom stereocenters. The van der Waals surface area contributed by atoms with E-state index in [1.54, 1.807) is 48.5 Å². The molecule has 4 rings (SSSR count). The molecule has 0 bridgehead atoms. The summed E-state index contributed by atoms with van der Waals surface area (Å²) in [5.41, 5.74) is 1.00. The third-order valence-corrected chi connectivity index (χ3v) is 5.44. The van der Waals surface area contributed by atoms with Gasteiger partial charge in [-0.3, -0.25) is 19.4 Å². The molecule has 1 fully saturated rings.